The van der Waals surface area contributed by atoms with Gasteiger partial charge < -0.3 is 34.9 Å². The Morgan fingerprint density at radius 1 is 1.07 bits per heavy atom. The number of pyridine rings is 1. The molecule has 0 bridgehead atoms. The Kier molecular flexibility index (Phi) is 10.1. The van der Waals surface area contributed by atoms with Gasteiger partial charge in [0.1, 0.15) is 17.1 Å². The molecule has 1 aliphatic carbocycles. The summed E-state index contributed by atoms with van der Waals surface area (Å²) in [6.45, 7) is 4.09. The molecular weight excluding hydrogens is 603 g/mol. The number of benzene rings is 1. The predicted molar refractivity (Wildman–Crippen MR) is 154 cm³/mol. The summed E-state index contributed by atoms with van der Waals surface area (Å²) in [7, 11) is 0. The van der Waals surface area contributed by atoms with E-state index < -0.39 is 53.6 Å². The number of hydrogen-bond donors (Lipinski definition) is 2. The van der Waals surface area contributed by atoms with Gasteiger partial charge in [-0.05, 0) is 51.7 Å². The topological polar surface area (TPSA) is 179 Å². The summed E-state index contributed by atoms with van der Waals surface area (Å²) in [6.07, 6.45) is -0.173. The summed E-state index contributed by atoms with van der Waals surface area (Å²) >= 11 is 6.07. The van der Waals surface area contributed by atoms with Crippen molar-refractivity contribution in [3.8, 4) is 5.75 Å². The van der Waals surface area contributed by atoms with Gasteiger partial charge in [0.05, 0.1) is 35.4 Å². The lowest BCUT2D eigenvalue weighted by molar-refractivity contribution is -0.169. The summed E-state index contributed by atoms with van der Waals surface area (Å²) in [5, 5.41) is 9.17. The zero-order chi connectivity index (χ0) is 32.2. The molecule has 238 valence electrons. The first-order valence-corrected chi connectivity index (χ1v) is 14.7. The molecule has 13 nitrogen and oxygen atoms in total. The number of carbonyl (C=O) groups excluding carboxylic acids is 4. The second-order valence-electron chi connectivity index (χ2n) is 10.5. The Morgan fingerprint density at radius 2 is 1.70 bits per heavy atom. The van der Waals surface area contributed by atoms with Gasteiger partial charge in [0.25, 0.3) is 5.91 Å². The molecule has 2 fully saturated rings. The van der Waals surface area contributed by atoms with Crippen LogP contribution in [0.5, 0.6) is 5.75 Å². The maximum atomic E-state index is 14.8. The fraction of sp³-hybridized carbons (Fsp3) is 0.517. The molecule has 2 heterocycles. The maximum absolute atomic E-state index is 14.8. The van der Waals surface area contributed by atoms with Crippen molar-refractivity contribution in [2.75, 3.05) is 39.4 Å². The molecule has 1 saturated carbocycles. The highest BCUT2D eigenvalue weighted by Gasteiger charge is 2.49. The van der Waals surface area contributed by atoms with Crippen LogP contribution in [-0.2, 0) is 23.9 Å². The number of rotatable bonds is 11. The highest BCUT2D eigenvalue weighted by molar-refractivity contribution is 6.31. The van der Waals surface area contributed by atoms with E-state index in [1.807, 2.05) is 0 Å². The normalized spacial score (nSPS) is 16.5. The van der Waals surface area contributed by atoms with Gasteiger partial charge in [0, 0.05) is 38.0 Å². The fourth-order valence-corrected chi connectivity index (χ4v) is 5.49. The van der Waals surface area contributed by atoms with Crippen LogP contribution in [0.2, 0.25) is 5.02 Å². The van der Waals surface area contributed by atoms with Crippen molar-refractivity contribution < 1.29 is 47.7 Å². The number of hydrogen-bond acceptors (Lipinski definition) is 9. The molecule has 1 saturated heterocycles. The number of ether oxygens (including phenoxy) is 3. The minimum atomic E-state index is -1.49. The second kappa shape index (κ2) is 13.6. The number of esters is 1. The number of aliphatic carboxylic acids is 1. The number of amides is 3. The minimum absolute atomic E-state index is 0.0208. The summed E-state index contributed by atoms with van der Waals surface area (Å²) < 4.78 is 31.2. The smallest absolute Gasteiger partial charge is 0.409 e. The van der Waals surface area contributed by atoms with Crippen molar-refractivity contribution in [1.82, 2.24) is 14.8 Å². The third-order valence-corrected chi connectivity index (χ3v) is 8.04. The molecule has 4 rings (SSSR count). The molecule has 15 heteroatoms. The van der Waals surface area contributed by atoms with Gasteiger partial charge in [-0.25, -0.2) is 14.0 Å². The van der Waals surface area contributed by atoms with E-state index in [1.54, 1.807) is 13.8 Å². The van der Waals surface area contributed by atoms with Crippen LogP contribution in [0.25, 0.3) is 10.9 Å². The fourth-order valence-electron chi connectivity index (χ4n) is 5.34. The molecule has 3 N–H and O–H groups in total. The van der Waals surface area contributed by atoms with Crippen LogP contribution in [0, 0.1) is 5.82 Å². The average molecular weight is 637 g/mol. The van der Waals surface area contributed by atoms with E-state index in [9.17, 15) is 33.5 Å². The summed E-state index contributed by atoms with van der Waals surface area (Å²) in [4.78, 5) is 71.3. The van der Waals surface area contributed by atoms with E-state index >= 15 is 0 Å². The molecule has 44 heavy (non-hydrogen) atoms. The Bertz CT molecular complexity index is 1470. The van der Waals surface area contributed by atoms with E-state index in [2.05, 4.69) is 4.98 Å². The number of carboxylic acids is 1. The zero-order valence-corrected chi connectivity index (χ0v) is 25.2. The van der Waals surface area contributed by atoms with Crippen LogP contribution in [-0.4, -0.2) is 94.7 Å². The highest BCUT2D eigenvalue weighted by Crippen LogP contribution is 2.44. The van der Waals surface area contributed by atoms with Gasteiger partial charge in [-0.3, -0.25) is 19.4 Å². The first kappa shape index (κ1) is 32.7. The summed E-state index contributed by atoms with van der Waals surface area (Å²) in [6, 6.07) is 2.18. The van der Waals surface area contributed by atoms with Gasteiger partial charge in [-0.2, -0.15) is 0 Å². The number of nitrogens with zero attached hydrogens (tertiary/aromatic N) is 3. The standard InChI is InChI=1S/C29H34ClFN4O9/c1-3-42-27(40)29(8-5-9-29)44-24-17-14-19(31)18(30)15-20(17)33-23(22(24)25(32)38)16(6-7-21(36)37)26(39)34-10-12-35(13-11-34)28(41)43-4-2/h14-16H,3-13H2,1-2H3,(H2,32,38)(H,36,37). The Balaban J connectivity index is 1.85. The zero-order valence-electron chi connectivity index (χ0n) is 24.4. The van der Waals surface area contributed by atoms with Crippen LogP contribution in [0.15, 0.2) is 12.1 Å². The highest BCUT2D eigenvalue weighted by atomic mass is 35.5. The predicted octanol–water partition coefficient (Wildman–Crippen LogP) is 3.24. The van der Waals surface area contributed by atoms with Crippen molar-refractivity contribution in [3.05, 3.63) is 34.2 Å². The number of aromatic nitrogens is 1. The van der Waals surface area contributed by atoms with Gasteiger partial charge in [-0.1, -0.05) is 11.6 Å². The van der Waals surface area contributed by atoms with Crippen molar-refractivity contribution >= 4 is 52.4 Å². The van der Waals surface area contributed by atoms with Crippen molar-refractivity contribution in [2.24, 2.45) is 5.73 Å². The number of carboxylic acid groups (broad SMARTS) is 1. The van der Waals surface area contributed by atoms with E-state index in [-0.39, 0.29) is 91.6 Å². The van der Waals surface area contributed by atoms with Crippen molar-refractivity contribution in [1.29, 1.82) is 0 Å². The second-order valence-corrected chi connectivity index (χ2v) is 10.9. The SMILES string of the molecule is CCOC(=O)N1CCN(C(=O)C(CCC(=O)O)c2nc3cc(Cl)c(F)cc3c(OC3(C(=O)OCC)CCC3)c2C(N)=O)CC1. The molecule has 0 spiro atoms. The third kappa shape index (κ3) is 6.64. The Labute approximate surface area is 257 Å². The molecule has 1 aromatic heterocycles. The largest absolute Gasteiger partial charge is 0.481 e. The van der Waals surface area contributed by atoms with E-state index in [0.29, 0.717) is 6.42 Å². The lowest BCUT2D eigenvalue weighted by Crippen LogP contribution is -2.52. The molecule has 0 radical (unpaired) electrons. The lowest BCUT2D eigenvalue weighted by Gasteiger charge is -2.40. The quantitative estimate of drug-likeness (QED) is 0.348. The molecule has 1 aromatic carbocycles. The van der Waals surface area contributed by atoms with Crippen LogP contribution < -0.4 is 10.5 Å². The number of fused-ring (bicyclic) bond motifs is 1. The van der Waals surface area contributed by atoms with Gasteiger partial charge in [0.2, 0.25) is 11.5 Å². The van der Waals surface area contributed by atoms with Gasteiger partial charge in [-0.15, -0.1) is 0 Å². The van der Waals surface area contributed by atoms with E-state index in [0.717, 1.165) is 6.07 Å². The molecule has 1 atom stereocenters. The monoisotopic (exact) mass is 636 g/mol. The van der Waals surface area contributed by atoms with E-state index in [1.165, 1.54) is 15.9 Å². The number of carbonyl (C=O) groups is 5. The third-order valence-electron chi connectivity index (χ3n) is 7.75. The van der Waals surface area contributed by atoms with Crippen LogP contribution in [0.4, 0.5) is 9.18 Å². The first-order valence-electron chi connectivity index (χ1n) is 14.3. The molecule has 2 aromatic rings. The molecule has 3 amide bonds. The van der Waals surface area contributed by atoms with Gasteiger partial charge >= 0.3 is 18.0 Å². The van der Waals surface area contributed by atoms with Crippen LogP contribution in [0.1, 0.15) is 67.9 Å². The number of piperazine rings is 1. The summed E-state index contributed by atoms with van der Waals surface area (Å²) in [5.41, 5.74) is 3.80. The van der Waals surface area contributed by atoms with Crippen molar-refractivity contribution in [2.45, 2.75) is 57.5 Å². The van der Waals surface area contributed by atoms with Crippen molar-refractivity contribution in [3.63, 3.8) is 0 Å². The Morgan fingerprint density at radius 3 is 2.25 bits per heavy atom. The number of primary amides is 1. The number of nitrogens with two attached hydrogens (primary N) is 1. The minimum Gasteiger partial charge on any atom is -0.481 e. The molecule has 1 aliphatic heterocycles. The maximum Gasteiger partial charge on any atom is 0.409 e. The molecule has 1 unspecified atom stereocenters. The first-order chi connectivity index (χ1) is 20.9. The van der Waals surface area contributed by atoms with Crippen LogP contribution in [0.3, 0.4) is 0 Å². The Hall–Kier alpha value is -4.20. The summed E-state index contributed by atoms with van der Waals surface area (Å²) in [5.74, 6) is -5.97. The molecule has 2 aliphatic rings. The van der Waals surface area contributed by atoms with E-state index in [4.69, 9.17) is 31.5 Å². The lowest BCUT2D eigenvalue weighted by atomic mass is 9.79. The average Bonchev–Trinajstić information content (AvgIpc) is 2.95. The van der Waals surface area contributed by atoms with Gasteiger partial charge in [0.15, 0.2) is 0 Å². The molecular formula is C29H34ClFN4O9. The van der Waals surface area contributed by atoms with Crippen LogP contribution >= 0.6 is 11.6 Å². The number of halogens is 2.